The second-order valence-corrected chi connectivity index (χ2v) is 6.78. The van der Waals surface area contributed by atoms with Crippen molar-refractivity contribution in [1.29, 1.82) is 0 Å². The number of rotatable bonds is 3. The van der Waals surface area contributed by atoms with Crippen LogP contribution in [0.2, 0.25) is 0 Å². The van der Waals surface area contributed by atoms with Gasteiger partial charge in [0.2, 0.25) is 5.91 Å². The Bertz CT molecular complexity index is 428. The Balaban J connectivity index is 1.52. The van der Waals surface area contributed by atoms with Gasteiger partial charge in [0, 0.05) is 12.6 Å². The Morgan fingerprint density at radius 1 is 1.33 bits per heavy atom. The highest BCUT2D eigenvalue weighted by molar-refractivity contribution is 5.81. The zero-order valence-corrected chi connectivity index (χ0v) is 12.6. The Labute approximate surface area is 125 Å². The number of fused-ring (bicyclic) bond motifs is 2. The van der Waals surface area contributed by atoms with Gasteiger partial charge in [-0.15, -0.1) is 0 Å². The van der Waals surface area contributed by atoms with E-state index < -0.39 is 12.0 Å². The number of hydrogen-bond acceptors (Lipinski definition) is 3. The number of nitrogens with zero attached hydrogens (tertiary/aromatic N) is 1. The summed E-state index contributed by atoms with van der Waals surface area (Å²) in [5.74, 6) is 1.77. The van der Waals surface area contributed by atoms with Crippen molar-refractivity contribution in [2.24, 2.45) is 23.5 Å². The minimum absolute atomic E-state index is 0.0974. The van der Waals surface area contributed by atoms with Gasteiger partial charge in [0.1, 0.15) is 0 Å². The molecule has 1 heterocycles. The van der Waals surface area contributed by atoms with Crippen LogP contribution in [0.1, 0.15) is 32.6 Å². The van der Waals surface area contributed by atoms with Gasteiger partial charge in [0.15, 0.2) is 6.10 Å². The van der Waals surface area contributed by atoms with Crippen LogP contribution in [-0.2, 0) is 9.53 Å². The van der Waals surface area contributed by atoms with Crippen molar-refractivity contribution in [3.63, 3.8) is 0 Å². The molecule has 0 unspecified atom stereocenters. The van der Waals surface area contributed by atoms with Crippen molar-refractivity contribution in [3.8, 4) is 0 Å². The van der Waals surface area contributed by atoms with Gasteiger partial charge < -0.3 is 20.7 Å². The van der Waals surface area contributed by atoms with Crippen LogP contribution in [0, 0.1) is 17.8 Å². The topological polar surface area (TPSA) is 84.7 Å². The minimum atomic E-state index is -0.678. The van der Waals surface area contributed by atoms with Crippen molar-refractivity contribution >= 4 is 11.9 Å². The number of nitrogens with one attached hydrogen (secondary N) is 1. The van der Waals surface area contributed by atoms with E-state index in [0.29, 0.717) is 19.1 Å². The highest BCUT2D eigenvalue weighted by atomic mass is 16.5. The molecule has 6 nitrogen and oxygen atoms in total. The Morgan fingerprint density at radius 2 is 2.14 bits per heavy atom. The van der Waals surface area contributed by atoms with Crippen LogP contribution in [0.3, 0.4) is 0 Å². The summed E-state index contributed by atoms with van der Waals surface area (Å²) in [6.07, 6.45) is 4.59. The summed E-state index contributed by atoms with van der Waals surface area (Å²) in [7, 11) is 0. The summed E-state index contributed by atoms with van der Waals surface area (Å²) in [6.45, 7) is 3.24. The largest absolute Gasteiger partial charge is 0.367 e. The van der Waals surface area contributed by atoms with Gasteiger partial charge >= 0.3 is 6.03 Å². The van der Waals surface area contributed by atoms with Crippen LogP contribution >= 0.6 is 0 Å². The normalized spacial score (nSPS) is 36.5. The van der Waals surface area contributed by atoms with Gasteiger partial charge in [-0.2, -0.15) is 0 Å². The number of carbonyl (C=O) groups is 2. The maximum atomic E-state index is 12.3. The van der Waals surface area contributed by atoms with Gasteiger partial charge in [0.25, 0.3) is 0 Å². The fourth-order valence-electron chi connectivity index (χ4n) is 4.31. The molecular weight excluding hydrogens is 270 g/mol. The SMILES string of the molecule is C[C@H](NC(=O)N1CCO[C@H](C(N)=O)C1)[C@H]1C[C@H]2CC[C@H]1C2. The highest BCUT2D eigenvalue weighted by Gasteiger charge is 2.42. The van der Waals surface area contributed by atoms with Crippen molar-refractivity contribution in [1.82, 2.24) is 10.2 Å². The molecular formula is C15H25N3O3. The highest BCUT2D eigenvalue weighted by Crippen LogP contribution is 2.49. The zero-order chi connectivity index (χ0) is 15.0. The van der Waals surface area contributed by atoms with Gasteiger partial charge in [0.05, 0.1) is 13.2 Å². The Hall–Kier alpha value is -1.30. The molecule has 0 aromatic heterocycles. The molecule has 0 radical (unpaired) electrons. The van der Waals surface area contributed by atoms with Crippen LogP contribution in [0.5, 0.6) is 0 Å². The van der Waals surface area contributed by atoms with Crippen LogP contribution < -0.4 is 11.1 Å². The number of nitrogens with two attached hydrogens (primary N) is 1. The lowest BCUT2D eigenvalue weighted by atomic mass is 9.84. The van der Waals surface area contributed by atoms with Crippen molar-refractivity contribution in [2.75, 3.05) is 19.7 Å². The van der Waals surface area contributed by atoms with E-state index in [1.807, 2.05) is 0 Å². The third kappa shape index (κ3) is 3.00. The molecule has 2 saturated carbocycles. The monoisotopic (exact) mass is 295 g/mol. The predicted molar refractivity (Wildman–Crippen MR) is 77.4 cm³/mol. The number of ether oxygens (including phenoxy) is 1. The number of carbonyl (C=O) groups excluding carboxylic acids is 2. The summed E-state index contributed by atoms with van der Waals surface area (Å²) < 4.78 is 5.27. The van der Waals surface area contributed by atoms with E-state index in [-0.39, 0.29) is 18.6 Å². The van der Waals surface area contributed by atoms with Crippen LogP contribution in [0.25, 0.3) is 0 Å². The maximum absolute atomic E-state index is 12.3. The fourth-order valence-corrected chi connectivity index (χ4v) is 4.31. The lowest BCUT2D eigenvalue weighted by molar-refractivity contribution is -0.133. The van der Waals surface area contributed by atoms with Crippen molar-refractivity contribution in [3.05, 3.63) is 0 Å². The molecule has 2 bridgehead atoms. The first-order valence-corrected chi connectivity index (χ1v) is 8.01. The van der Waals surface area contributed by atoms with E-state index in [9.17, 15) is 9.59 Å². The van der Waals surface area contributed by atoms with E-state index in [1.54, 1.807) is 4.90 Å². The molecule has 0 aromatic carbocycles. The van der Waals surface area contributed by atoms with Gasteiger partial charge in [-0.3, -0.25) is 4.79 Å². The summed E-state index contributed by atoms with van der Waals surface area (Å²) in [6, 6.07) is 0.0995. The molecule has 118 valence electrons. The minimum Gasteiger partial charge on any atom is -0.367 e. The zero-order valence-electron chi connectivity index (χ0n) is 12.6. The molecule has 0 aromatic rings. The Morgan fingerprint density at radius 3 is 2.76 bits per heavy atom. The average Bonchev–Trinajstić information content (AvgIpc) is 3.10. The third-order valence-corrected chi connectivity index (χ3v) is 5.46. The summed E-state index contributed by atoms with van der Waals surface area (Å²) in [5.41, 5.74) is 5.25. The Kier molecular flexibility index (Phi) is 4.06. The quantitative estimate of drug-likeness (QED) is 0.804. The molecule has 0 spiro atoms. The first kappa shape index (κ1) is 14.6. The van der Waals surface area contributed by atoms with Crippen molar-refractivity contribution < 1.29 is 14.3 Å². The van der Waals surface area contributed by atoms with Gasteiger partial charge in [-0.1, -0.05) is 6.42 Å². The van der Waals surface area contributed by atoms with Crippen LogP contribution in [0.4, 0.5) is 4.79 Å². The lowest BCUT2D eigenvalue weighted by Crippen LogP contribution is -2.55. The molecule has 3 N–H and O–H groups in total. The number of urea groups is 1. The number of amides is 3. The van der Waals surface area contributed by atoms with E-state index in [2.05, 4.69) is 12.2 Å². The molecule has 2 aliphatic carbocycles. The molecule has 1 aliphatic heterocycles. The van der Waals surface area contributed by atoms with Gasteiger partial charge in [-0.05, 0) is 43.9 Å². The smallest absolute Gasteiger partial charge is 0.317 e. The predicted octanol–water partition coefficient (Wildman–Crippen LogP) is 0.707. The second kappa shape index (κ2) is 5.83. The molecule has 21 heavy (non-hydrogen) atoms. The summed E-state index contributed by atoms with van der Waals surface area (Å²) in [5, 5.41) is 3.12. The van der Waals surface area contributed by atoms with E-state index in [4.69, 9.17) is 10.5 Å². The molecule has 3 amide bonds. The molecule has 3 rings (SSSR count). The number of hydrogen-bond donors (Lipinski definition) is 2. The van der Waals surface area contributed by atoms with E-state index in [0.717, 1.165) is 11.8 Å². The standard InChI is InChI=1S/C15H25N3O3/c1-9(12-7-10-2-3-11(12)6-10)17-15(20)18-4-5-21-13(8-18)14(16)19/h9-13H,2-8H2,1H3,(H2,16,19)(H,17,20)/t9-,10-,11-,12+,13-/m0/s1. The van der Waals surface area contributed by atoms with E-state index >= 15 is 0 Å². The summed E-state index contributed by atoms with van der Waals surface area (Å²) in [4.78, 5) is 25.2. The van der Waals surface area contributed by atoms with Crippen molar-refractivity contribution in [2.45, 2.75) is 44.8 Å². The number of primary amides is 1. The van der Waals surface area contributed by atoms with E-state index in [1.165, 1.54) is 25.7 Å². The molecule has 5 atom stereocenters. The average molecular weight is 295 g/mol. The molecule has 6 heteroatoms. The first-order valence-electron chi connectivity index (χ1n) is 8.01. The number of morpholine rings is 1. The van der Waals surface area contributed by atoms with Gasteiger partial charge in [-0.25, -0.2) is 4.79 Å². The second-order valence-electron chi connectivity index (χ2n) is 6.78. The maximum Gasteiger partial charge on any atom is 0.317 e. The lowest BCUT2D eigenvalue weighted by Gasteiger charge is -2.34. The molecule has 1 saturated heterocycles. The molecule has 3 aliphatic rings. The summed E-state index contributed by atoms with van der Waals surface area (Å²) >= 11 is 0. The van der Waals surface area contributed by atoms with Crippen LogP contribution in [0.15, 0.2) is 0 Å². The first-order chi connectivity index (χ1) is 10.0. The molecule has 3 fully saturated rings. The van der Waals surface area contributed by atoms with Crippen LogP contribution in [-0.4, -0.2) is 48.7 Å². The fraction of sp³-hybridized carbons (Fsp3) is 0.867. The third-order valence-electron chi connectivity index (χ3n) is 5.46.